The Hall–Kier alpha value is -2.85. The van der Waals surface area contributed by atoms with Gasteiger partial charge in [0.1, 0.15) is 0 Å². The van der Waals surface area contributed by atoms with Gasteiger partial charge in [-0.15, -0.1) is 0 Å². The number of aromatic nitrogens is 3. The van der Waals surface area contributed by atoms with Crippen LogP contribution in [0.4, 0.5) is 0 Å². The number of aryl methyl sites for hydroxylation is 3. The van der Waals surface area contributed by atoms with Crippen molar-refractivity contribution in [3.8, 4) is 0 Å². The molecule has 3 heterocycles. The molecule has 0 unspecified atom stereocenters. The molecule has 148 valence electrons. The first kappa shape index (κ1) is 18.2. The summed E-state index contributed by atoms with van der Waals surface area (Å²) in [6.45, 7) is 9.37. The fourth-order valence-corrected chi connectivity index (χ4v) is 4.80. The molecule has 1 atom stereocenters. The molecular formula is C25H28N4. The number of hydrogen-bond donors (Lipinski definition) is 1. The minimum atomic E-state index is 0.233. The Morgan fingerprint density at radius 2 is 1.86 bits per heavy atom. The van der Waals surface area contributed by atoms with Crippen molar-refractivity contribution in [3.63, 3.8) is 0 Å². The highest BCUT2D eigenvalue weighted by Gasteiger charge is 2.32. The van der Waals surface area contributed by atoms with Crippen LogP contribution in [-0.2, 0) is 19.5 Å². The van der Waals surface area contributed by atoms with Crippen molar-refractivity contribution in [3.05, 3.63) is 88.4 Å². The summed E-state index contributed by atoms with van der Waals surface area (Å²) in [6.07, 6.45) is 3.29. The number of benzene rings is 2. The summed E-state index contributed by atoms with van der Waals surface area (Å²) in [7, 11) is 0. The van der Waals surface area contributed by atoms with Gasteiger partial charge in [-0.2, -0.15) is 5.10 Å². The van der Waals surface area contributed by atoms with Gasteiger partial charge < -0.3 is 4.98 Å². The van der Waals surface area contributed by atoms with Gasteiger partial charge in [-0.3, -0.25) is 9.58 Å². The molecule has 1 aliphatic heterocycles. The van der Waals surface area contributed by atoms with Crippen LogP contribution >= 0.6 is 0 Å². The molecule has 2 aromatic carbocycles. The summed E-state index contributed by atoms with van der Waals surface area (Å²) in [5.74, 6) is 0. The Morgan fingerprint density at radius 3 is 2.66 bits per heavy atom. The summed E-state index contributed by atoms with van der Waals surface area (Å²) >= 11 is 0. The monoisotopic (exact) mass is 384 g/mol. The first-order valence-corrected chi connectivity index (χ1v) is 10.6. The predicted octanol–water partition coefficient (Wildman–Crippen LogP) is 5.15. The largest absolute Gasteiger partial charge is 0.357 e. The zero-order chi connectivity index (χ0) is 20.0. The van der Waals surface area contributed by atoms with E-state index in [0.717, 1.165) is 31.7 Å². The third-order valence-corrected chi connectivity index (χ3v) is 6.36. The van der Waals surface area contributed by atoms with Gasteiger partial charge in [-0.1, -0.05) is 42.5 Å². The van der Waals surface area contributed by atoms with Crippen LogP contribution in [-0.4, -0.2) is 26.2 Å². The molecule has 0 radical (unpaired) electrons. The highest BCUT2D eigenvalue weighted by Crippen LogP contribution is 2.40. The molecule has 1 N–H and O–H groups in total. The topological polar surface area (TPSA) is 36.9 Å². The van der Waals surface area contributed by atoms with E-state index in [1.807, 2.05) is 4.68 Å². The molecule has 4 heteroatoms. The second-order valence-electron chi connectivity index (χ2n) is 8.14. The van der Waals surface area contributed by atoms with Crippen molar-refractivity contribution in [2.75, 3.05) is 6.54 Å². The summed E-state index contributed by atoms with van der Waals surface area (Å²) in [5, 5.41) is 6.04. The van der Waals surface area contributed by atoms with Crippen LogP contribution in [0.2, 0.25) is 0 Å². The normalized spacial score (nSPS) is 17.0. The number of para-hydroxylation sites is 1. The zero-order valence-corrected chi connectivity index (χ0v) is 17.4. The lowest BCUT2D eigenvalue weighted by Gasteiger charge is -2.37. The molecule has 0 saturated heterocycles. The Labute approximate surface area is 172 Å². The highest BCUT2D eigenvalue weighted by atomic mass is 15.3. The quantitative estimate of drug-likeness (QED) is 0.528. The van der Waals surface area contributed by atoms with Gasteiger partial charge >= 0.3 is 0 Å². The fourth-order valence-electron chi connectivity index (χ4n) is 4.80. The van der Waals surface area contributed by atoms with Crippen LogP contribution in [0.1, 0.15) is 46.6 Å². The van der Waals surface area contributed by atoms with Crippen molar-refractivity contribution in [1.29, 1.82) is 0 Å². The standard InChI is InChI=1S/C25H28N4/c1-4-29-16-19(18(3)27-29)15-28-14-13-22-21-11-7-8-12-23(21)26-24(22)25(28)20-10-6-5-9-17(20)2/h5-12,16,25-26H,4,13-15H2,1-3H3/t25-/m1/s1. The number of fused-ring (bicyclic) bond motifs is 3. The molecule has 4 nitrogen and oxygen atoms in total. The van der Waals surface area contributed by atoms with Crippen LogP contribution in [0, 0.1) is 13.8 Å². The van der Waals surface area contributed by atoms with E-state index in [-0.39, 0.29) is 6.04 Å². The second kappa shape index (κ2) is 7.20. The molecule has 1 aliphatic rings. The van der Waals surface area contributed by atoms with E-state index >= 15 is 0 Å². The molecule has 0 spiro atoms. The number of nitrogens with one attached hydrogen (secondary N) is 1. The smallest absolute Gasteiger partial charge is 0.0762 e. The Balaban J connectivity index is 1.63. The Bertz CT molecular complexity index is 1170. The van der Waals surface area contributed by atoms with Crippen LogP contribution in [0.3, 0.4) is 0 Å². The summed E-state index contributed by atoms with van der Waals surface area (Å²) in [5.41, 5.74) is 9.27. The first-order valence-electron chi connectivity index (χ1n) is 10.6. The fraction of sp³-hybridized carbons (Fsp3) is 0.320. The zero-order valence-electron chi connectivity index (χ0n) is 17.4. The Kier molecular flexibility index (Phi) is 4.51. The van der Waals surface area contributed by atoms with E-state index in [9.17, 15) is 0 Å². The molecule has 29 heavy (non-hydrogen) atoms. The molecular weight excluding hydrogens is 356 g/mol. The number of hydrogen-bond acceptors (Lipinski definition) is 2. The number of nitrogens with zero attached hydrogens (tertiary/aromatic N) is 3. The molecule has 2 aromatic heterocycles. The van der Waals surface area contributed by atoms with E-state index in [1.54, 1.807) is 0 Å². The highest BCUT2D eigenvalue weighted by molar-refractivity contribution is 5.85. The molecule has 0 aliphatic carbocycles. The van der Waals surface area contributed by atoms with Crippen molar-refractivity contribution in [1.82, 2.24) is 19.7 Å². The van der Waals surface area contributed by atoms with E-state index in [2.05, 4.69) is 90.5 Å². The number of H-pyrrole nitrogens is 1. The van der Waals surface area contributed by atoms with Crippen molar-refractivity contribution in [2.45, 2.75) is 46.3 Å². The average Bonchev–Trinajstić information content (AvgIpc) is 3.28. The van der Waals surface area contributed by atoms with Crippen LogP contribution < -0.4 is 0 Å². The van der Waals surface area contributed by atoms with Gasteiger partial charge in [-0.25, -0.2) is 0 Å². The van der Waals surface area contributed by atoms with Gasteiger partial charge in [0.25, 0.3) is 0 Å². The van der Waals surface area contributed by atoms with Crippen molar-refractivity contribution < 1.29 is 0 Å². The van der Waals surface area contributed by atoms with Crippen LogP contribution in [0.25, 0.3) is 10.9 Å². The maximum atomic E-state index is 4.67. The van der Waals surface area contributed by atoms with Crippen molar-refractivity contribution in [2.24, 2.45) is 0 Å². The molecule has 0 amide bonds. The van der Waals surface area contributed by atoms with Gasteiger partial charge in [0.15, 0.2) is 0 Å². The number of aromatic amines is 1. The van der Waals surface area contributed by atoms with Crippen LogP contribution in [0.5, 0.6) is 0 Å². The van der Waals surface area contributed by atoms with Crippen molar-refractivity contribution >= 4 is 10.9 Å². The Morgan fingerprint density at radius 1 is 1.07 bits per heavy atom. The lowest BCUT2D eigenvalue weighted by atomic mass is 9.90. The summed E-state index contributed by atoms with van der Waals surface area (Å²) in [4.78, 5) is 6.39. The molecule has 0 saturated carbocycles. The summed E-state index contributed by atoms with van der Waals surface area (Å²) < 4.78 is 2.05. The third kappa shape index (κ3) is 3.08. The van der Waals surface area contributed by atoms with E-state index in [1.165, 1.54) is 38.9 Å². The average molecular weight is 385 g/mol. The third-order valence-electron chi connectivity index (χ3n) is 6.36. The molecule has 4 aromatic rings. The van der Waals surface area contributed by atoms with E-state index in [0.29, 0.717) is 0 Å². The van der Waals surface area contributed by atoms with E-state index in [4.69, 9.17) is 0 Å². The lowest BCUT2D eigenvalue weighted by molar-refractivity contribution is 0.201. The predicted molar refractivity (Wildman–Crippen MR) is 118 cm³/mol. The molecule has 0 fully saturated rings. The molecule has 5 rings (SSSR count). The van der Waals surface area contributed by atoms with Gasteiger partial charge in [0.05, 0.1) is 11.7 Å². The minimum Gasteiger partial charge on any atom is -0.357 e. The summed E-state index contributed by atoms with van der Waals surface area (Å²) in [6, 6.07) is 17.8. The maximum absolute atomic E-state index is 4.67. The van der Waals surface area contributed by atoms with Crippen LogP contribution in [0.15, 0.2) is 54.7 Å². The first-order chi connectivity index (χ1) is 14.2. The van der Waals surface area contributed by atoms with Gasteiger partial charge in [0, 0.05) is 48.0 Å². The lowest BCUT2D eigenvalue weighted by Crippen LogP contribution is -2.36. The second-order valence-corrected chi connectivity index (χ2v) is 8.14. The minimum absolute atomic E-state index is 0.233. The SMILES string of the molecule is CCn1cc(CN2CCc3c([nH]c4ccccc34)[C@H]2c2ccccc2C)c(C)n1. The van der Waals surface area contributed by atoms with Gasteiger partial charge in [-0.05, 0) is 49.9 Å². The van der Waals surface area contributed by atoms with E-state index < -0.39 is 0 Å². The maximum Gasteiger partial charge on any atom is 0.0762 e. The van der Waals surface area contributed by atoms with Gasteiger partial charge in [0.2, 0.25) is 0 Å². The number of rotatable bonds is 4. The molecule has 0 bridgehead atoms.